The Morgan fingerprint density at radius 2 is 1.90 bits per heavy atom. The van der Waals surface area contributed by atoms with Crippen molar-refractivity contribution in [1.29, 1.82) is 0 Å². The molecule has 31 heavy (non-hydrogen) atoms. The van der Waals surface area contributed by atoms with Crippen molar-refractivity contribution in [1.82, 2.24) is 9.88 Å². The molecule has 1 aliphatic rings. The Kier molecular flexibility index (Phi) is 6.82. The lowest BCUT2D eigenvalue weighted by molar-refractivity contribution is -0.137. The molecule has 2 aromatic rings. The normalized spacial score (nSPS) is 16.7. The highest BCUT2D eigenvalue weighted by Crippen LogP contribution is 2.36. The van der Waals surface area contributed by atoms with Crippen molar-refractivity contribution in [3.05, 3.63) is 53.7 Å². The standard InChI is InChI=1S/C22H25F3N4O2/c1-28(2)19(30)13-15-7-9-17(10-8-15)27-21(31)16-5-4-12-29(14-16)20-18(22(23,24)25)6-3-11-26-20/h3,6-11,16H,4-5,12-14H2,1-2H3,(H,27,31). The fraction of sp³-hybridized carbons (Fsp3) is 0.409. The molecular formula is C22H25F3N4O2. The molecule has 9 heteroatoms. The smallest absolute Gasteiger partial charge is 0.355 e. The average molecular weight is 434 g/mol. The van der Waals surface area contributed by atoms with Crippen LogP contribution in [0.1, 0.15) is 24.0 Å². The van der Waals surface area contributed by atoms with E-state index in [1.54, 1.807) is 38.4 Å². The molecule has 0 spiro atoms. The zero-order chi connectivity index (χ0) is 22.6. The van der Waals surface area contributed by atoms with E-state index in [0.717, 1.165) is 11.6 Å². The number of hydrogen-bond donors (Lipinski definition) is 1. The fourth-order valence-electron chi connectivity index (χ4n) is 3.54. The third kappa shape index (κ3) is 5.74. The monoisotopic (exact) mass is 434 g/mol. The minimum atomic E-state index is -4.51. The van der Waals surface area contributed by atoms with E-state index >= 15 is 0 Å². The molecule has 2 amide bonds. The molecule has 0 radical (unpaired) electrons. The Morgan fingerprint density at radius 1 is 1.19 bits per heavy atom. The molecule has 0 aliphatic carbocycles. The lowest BCUT2D eigenvalue weighted by Gasteiger charge is -2.34. The molecule has 1 fully saturated rings. The number of rotatable bonds is 5. The van der Waals surface area contributed by atoms with Crippen molar-refractivity contribution < 1.29 is 22.8 Å². The molecule has 166 valence electrons. The zero-order valence-corrected chi connectivity index (χ0v) is 17.4. The number of amides is 2. The molecule has 1 aliphatic heterocycles. The Labute approximate surface area is 179 Å². The molecule has 0 saturated carbocycles. The second-order valence-electron chi connectivity index (χ2n) is 7.81. The molecule has 0 bridgehead atoms. The maximum Gasteiger partial charge on any atom is 0.419 e. The first kappa shape index (κ1) is 22.6. The van der Waals surface area contributed by atoms with Crippen molar-refractivity contribution in [2.24, 2.45) is 5.92 Å². The van der Waals surface area contributed by atoms with Crippen LogP contribution in [0.4, 0.5) is 24.7 Å². The minimum absolute atomic E-state index is 0.0215. The van der Waals surface area contributed by atoms with Crippen LogP contribution in [0.25, 0.3) is 0 Å². The van der Waals surface area contributed by atoms with E-state index in [0.29, 0.717) is 25.1 Å². The van der Waals surface area contributed by atoms with Crippen LogP contribution in [0.2, 0.25) is 0 Å². The molecule has 1 atom stereocenters. The molecule has 3 rings (SSSR count). The predicted molar refractivity (Wildman–Crippen MR) is 112 cm³/mol. The summed E-state index contributed by atoms with van der Waals surface area (Å²) in [5.74, 6) is -0.854. The number of carbonyl (C=O) groups excluding carboxylic acids is 2. The van der Waals surface area contributed by atoms with Gasteiger partial charge in [-0.2, -0.15) is 13.2 Å². The first-order chi connectivity index (χ1) is 14.6. The number of halogens is 3. The van der Waals surface area contributed by atoms with Gasteiger partial charge < -0.3 is 15.1 Å². The van der Waals surface area contributed by atoms with Gasteiger partial charge in [-0.1, -0.05) is 12.1 Å². The summed E-state index contributed by atoms with van der Waals surface area (Å²) >= 11 is 0. The molecule has 1 saturated heterocycles. The summed E-state index contributed by atoms with van der Waals surface area (Å²) < 4.78 is 40.0. The first-order valence-electron chi connectivity index (χ1n) is 10.0. The maximum atomic E-state index is 13.3. The zero-order valence-electron chi connectivity index (χ0n) is 17.4. The van der Waals surface area contributed by atoms with Crippen LogP contribution in [-0.4, -0.2) is 48.9 Å². The molecule has 1 N–H and O–H groups in total. The van der Waals surface area contributed by atoms with Gasteiger partial charge in [0.15, 0.2) is 0 Å². The molecular weight excluding hydrogens is 409 g/mol. The van der Waals surface area contributed by atoms with Crippen LogP contribution < -0.4 is 10.2 Å². The summed E-state index contributed by atoms with van der Waals surface area (Å²) in [7, 11) is 3.38. The highest BCUT2D eigenvalue weighted by atomic mass is 19.4. The topological polar surface area (TPSA) is 65.5 Å². The van der Waals surface area contributed by atoms with Gasteiger partial charge in [0.2, 0.25) is 11.8 Å². The van der Waals surface area contributed by atoms with Gasteiger partial charge in [-0.05, 0) is 42.7 Å². The predicted octanol–water partition coefficient (Wildman–Crippen LogP) is 3.59. The van der Waals surface area contributed by atoms with Crippen LogP contribution in [-0.2, 0) is 22.2 Å². The van der Waals surface area contributed by atoms with Crippen molar-refractivity contribution in [2.45, 2.75) is 25.4 Å². The van der Waals surface area contributed by atoms with Gasteiger partial charge in [0.05, 0.1) is 17.9 Å². The van der Waals surface area contributed by atoms with Gasteiger partial charge in [0, 0.05) is 39.1 Å². The van der Waals surface area contributed by atoms with Crippen LogP contribution in [0.15, 0.2) is 42.6 Å². The van der Waals surface area contributed by atoms with Crippen molar-refractivity contribution in [3.63, 3.8) is 0 Å². The SMILES string of the molecule is CN(C)C(=O)Cc1ccc(NC(=O)C2CCCN(c3ncccc3C(F)(F)F)C2)cc1. The van der Waals surface area contributed by atoms with Crippen LogP contribution in [0, 0.1) is 5.92 Å². The molecule has 6 nitrogen and oxygen atoms in total. The Bertz CT molecular complexity index is 929. The third-order valence-corrected chi connectivity index (χ3v) is 5.26. The summed E-state index contributed by atoms with van der Waals surface area (Å²) in [6.45, 7) is 0.583. The molecule has 1 unspecified atom stereocenters. The van der Waals surface area contributed by atoms with E-state index in [2.05, 4.69) is 10.3 Å². The number of likely N-dealkylation sites (N-methyl/N-ethyl adjacent to an activating group) is 1. The van der Waals surface area contributed by atoms with Crippen molar-refractivity contribution >= 4 is 23.3 Å². The van der Waals surface area contributed by atoms with Gasteiger partial charge in [-0.25, -0.2) is 4.98 Å². The number of piperidine rings is 1. The number of aromatic nitrogens is 1. The summed E-state index contributed by atoms with van der Waals surface area (Å²) in [6, 6.07) is 9.25. The van der Waals surface area contributed by atoms with Crippen molar-refractivity contribution in [2.75, 3.05) is 37.4 Å². The Balaban J connectivity index is 1.65. The van der Waals surface area contributed by atoms with Crippen LogP contribution >= 0.6 is 0 Å². The summed E-state index contributed by atoms with van der Waals surface area (Å²) in [6.07, 6.45) is -1.72. The van der Waals surface area contributed by atoms with Gasteiger partial charge >= 0.3 is 6.18 Å². The van der Waals surface area contributed by atoms with Gasteiger partial charge in [-0.3, -0.25) is 9.59 Å². The lowest BCUT2D eigenvalue weighted by atomic mass is 9.96. The number of pyridine rings is 1. The Hall–Kier alpha value is -3.10. The minimum Gasteiger partial charge on any atom is -0.355 e. The number of anilines is 2. The molecule has 2 heterocycles. The van der Waals surface area contributed by atoms with E-state index in [9.17, 15) is 22.8 Å². The second kappa shape index (κ2) is 9.36. The number of alkyl halides is 3. The van der Waals surface area contributed by atoms with Crippen molar-refractivity contribution in [3.8, 4) is 0 Å². The highest BCUT2D eigenvalue weighted by molar-refractivity contribution is 5.93. The highest BCUT2D eigenvalue weighted by Gasteiger charge is 2.37. The first-order valence-corrected chi connectivity index (χ1v) is 10.0. The van der Waals surface area contributed by atoms with E-state index < -0.39 is 17.7 Å². The number of carbonyl (C=O) groups is 2. The molecule has 1 aromatic carbocycles. The molecule has 1 aromatic heterocycles. The number of benzene rings is 1. The van der Waals surface area contributed by atoms with Crippen LogP contribution in [0.3, 0.4) is 0 Å². The van der Waals surface area contributed by atoms with E-state index in [-0.39, 0.29) is 30.6 Å². The lowest BCUT2D eigenvalue weighted by Crippen LogP contribution is -2.42. The summed E-state index contributed by atoms with van der Waals surface area (Å²) in [4.78, 5) is 31.5. The largest absolute Gasteiger partial charge is 0.419 e. The summed E-state index contributed by atoms with van der Waals surface area (Å²) in [5.41, 5.74) is 0.617. The fourth-order valence-corrected chi connectivity index (χ4v) is 3.54. The van der Waals surface area contributed by atoms with E-state index in [4.69, 9.17) is 0 Å². The number of hydrogen-bond acceptors (Lipinski definition) is 4. The average Bonchev–Trinajstić information content (AvgIpc) is 2.74. The Morgan fingerprint density at radius 3 is 2.55 bits per heavy atom. The maximum absolute atomic E-state index is 13.3. The van der Waals surface area contributed by atoms with Gasteiger partial charge in [0.1, 0.15) is 5.82 Å². The third-order valence-electron chi connectivity index (χ3n) is 5.26. The number of nitrogens with zero attached hydrogens (tertiary/aromatic N) is 3. The summed E-state index contributed by atoms with van der Waals surface area (Å²) in [5, 5.41) is 2.83. The van der Waals surface area contributed by atoms with E-state index in [1.807, 2.05) is 0 Å². The second-order valence-corrected chi connectivity index (χ2v) is 7.81. The van der Waals surface area contributed by atoms with Gasteiger partial charge in [0.25, 0.3) is 0 Å². The van der Waals surface area contributed by atoms with E-state index in [1.165, 1.54) is 22.1 Å². The van der Waals surface area contributed by atoms with Gasteiger partial charge in [-0.15, -0.1) is 0 Å². The van der Waals surface area contributed by atoms with Crippen LogP contribution in [0.5, 0.6) is 0 Å². The quantitative estimate of drug-likeness (QED) is 0.781. The number of nitrogens with one attached hydrogen (secondary N) is 1.